The Kier molecular flexibility index (Phi) is 5.25. The van der Waals surface area contributed by atoms with Gasteiger partial charge in [0.05, 0.1) is 5.56 Å². The van der Waals surface area contributed by atoms with Crippen LogP contribution < -0.4 is 11.1 Å². The Labute approximate surface area is 128 Å². The van der Waals surface area contributed by atoms with Crippen molar-refractivity contribution in [3.05, 3.63) is 29.3 Å². The predicted molar refractivity (Wildman–Crippen MR) is 84.4 cm³/mol. The van der Waals surface area contributed by atoms with Crippen molar-refractivity contribution in [3.8, 4) is 0 Å². The lowest BCUT2D eigenvalue weighted by Crippen LogP contribution is -2.25. The van der Waals surface area contributed by atoms with Gasteiger partial charge in [-0.15, -0.1) is 0 Å². The standard InChI is InChI=1S/C15H21F3N2S/c1-9(14(2,3)4)8-20-10-5-6-11(13(19)21)12(7-10)15(16,17)18/h5-7,9,20H,8H2,1-4H3,(H2,19,21). The van der Waals surface area contributed by atoms with Crippen LogP contribution in [-0.4, -0.2) is 11.5 Å². The first-order valence-electron chi connectivity index (χ1n) is 6.68. The van der Waals surface area contributed by atoms with Crippen molar-refractivity contribution in [2.24, 2.45) is 17.1 Å². The number of hydrogen-bond donors (Lipinski definition) is 2. The van der Waals surface area contributed by atoms with Crippen LogP contribution in [0.15, 0.2) is 18.2 Å². The first kappa shape index (κ1) is 17.8. The number of nitrogens with one attached hydrogen (secondary N) is 1. The molecule has 0 radical (unpaired) electrons. The zero-order valence-electron chi connectivity index (χ0n) is 12.6. The minimum absolute atomic E-state index is 0.0820. The van der Waals surface area contributed by atoms with Crippen molar-refractivity contribution in [2.75, 3.05) is 11.9 Å². The van der Waals surface area contributed by atoms with E-state index in [0.29, 0.717) is 18.2 Å². The highest BCUT2D eigenvalue weighted by Crippen LogP contribution is 2.34. The Morgan fingerprint density at radius 1 is 1.29 bits per heavy atom. The van der Waals surface area contributed by atoms with E-state index in [1.807, 2.05) is 0 Å². The summed E-state index contributed by atoms with van der Waals surface area (Å²) < 4.78 is 39.1. The van der Waals surface area contributed by atoms with Crippen LogP contribution in [0.4, 0.5) is 18.9 Å². The molecule has 0 heterocycles. The second-order valence-electron chi connectivity index (χ2n) is 6.27. The molecule has 0 fully saturated rings. The smallest absolute Gasteiger partial charge is 0.389 e. The van der Waals surface area contributed by atoms with Crippen molar-refractivity contribution in [1.82, 2.24) is 0 Å². The van der Waals surface area contributed by atoms with Gasteiger partial charge in [0.1, 0.15) is 4.99 Å². The summed E-state index contributed by atoms with van der Waals surface area (Å²) >= 11 is 4.67. The Morgan fingerprint density at radius 2 is 1.86 bits per heavy atom. The average molecular weight is 318 g/mol. The molecule has 0 aliphatic rings. The number of alkyl halides is 3. The van der Waals surface area contributed by atoms with Crippen LogP contribution in [0.2, 0.25) is 0 Å². The fourth-order valence-electron chi connectivity index (χ4n) is 1.68. The minimum Gasteiger partial charge on any atom is -0.389 e. The van der Waals surface area contributed by atoms with E-state index in [1.165, 1.54) is 6.07 Å². The number of thiocarbonyl (C=S) groups is 1. The molecule has 0 aromatic heterocycles. The first-order valence-corrected chi connectivity index (χ1v) is 7.08. The molecule has 6 heteroatoms. The molecule has 0 saturated heterocycles. The Morgan fingerprint density at radius 3 is 2.29 bits per heavy atom. The molecule has 0 bridgehead atoms. The highest BCUT2D eigenvalue weighted by atomic mass is 32.1. The molecule has 0 saturated carbocycles. The van der Waals surface area contributed by atoms with E-state index >= 15 is 0 Å². The van der Waals surface area contributed by atoms with Gasteiger partial charge in [-0.25, -0.2) is 0 Å². The number of halogens is 3. The zero-order valence-corrected chi connectivity index (χ0v) is 13.5. The lowest BCUT2D eigenvalue weighted by Gasteiger charge is -2.28. The highest BCUT2D eigenvalue weighted by molar-refractivity contribution is 7.80. The summed E-state index contributed by atoms with van der Waals surface area (Å²) in [6, 6.07) is 3.94. The maximum atomic E-state index is 13.0. The molecule has 118 valence electrons. The van der Waals surface area contributed by atoms with Crippen molar-refractivity contribution in [3.63, 3.8) is 0 Å². The third-order valence-corrected chi connectivity index (χ3v) is 3.90. The molecular formula is C15H21F3N2S. The zero-order chi connectivity index (χ0) is 16.4. The van der Waals surface area contributed by atoms with Crippen molar-refractivity contribution < 1.29 is 13.2 Å². The fraction of sp³-hybridized carbons (Fsp3) is 0.533. The lowest BCUT2D eigenvalue weighted by atomic mass is 9.82. The van der Waals surface area contributed by atoms with Crippen LogP contribution in [0, 0.1) is 11.3 Å². The molecule has 0 amide bonds. The maximum absolute atomic E-state index is 13.0. The van der Waals surface area contributed by atoms with Crippen molar-refractivity contribution in [1.29, 1.82) is 0 Å². The normalized spacial score (nSPS) is 13.9. The fourth-order valence-corrected chi connectivity index (χ4v) is 1.86. The highest BCUT2D eigenvalue weighted by Gasteiger charge is 2.34. The van der Waals surface area contributed by atoms with Gasteiger partial charge < -0.3 is 11.1 Å². The van der Waals surface area contributed by atoms with Gasteiger partial charge in [-0.1, -0.05) is 39.9 Å². The maximum Gasteiger partial charge on any atom is 0.417 e. The number of hydrogen-bond acceptors (Lipinski definition) is 2. The van der Waals surface area contributed by atoms with Gasteiger partial charge in [-0.05, 0) is 29.5 Å². The van der Waals surface area contributed by atoms with Gasteiger partial charge in [-0.3, -0.25) is 0 Å². The minimum atomic E-state index is -4.48. The van der Waals surface area contributed by atoms with Gasteiger partial charge in [0.25, 0.3) is 0 Å². The number of benzene rings is 1. The van der Waals surface area contributed by atoms with E-state index in [0.717, 1.165) is 6.07 Å². The summed E-state index contributed by atoms with van der Waals surface area (Å²) in [7, 11) is 0. The van der Waals surface area contributed by atoms with E-state index in [-0.39, 0.29) is 16.0 Å². The van der Waals surface area contributed by atoms with Crippen LogP contribution in [0.25, 0.3) is 0 Å². The van der Waals surface area contributed by atoms with E-state index in [2.05, 4.69) is 45.2 Å². The average Bonchev–Trinajstić information content (AvgIpc) is 2.33. The van der Waals surface area contributed by atoms with Crippen LogP contribution in [0.3, 0.4) is 0 Å². The third-order valence-electron chi connectivity index (χ3n) is 3.68. The van der Waals surface area contributed by atoms with Crippen molar-refractivity contribution in [2.45, 2.75) is 33.9 Å². The van der Waals surface area contributed by atoms with Crippen molar-refractivity contribution >= 4 is 22.9 Å². The number of anilines is 1. The first-order chi connectivity index (χ1) is 9.43. The molecule has 0 aliphatic heterocycles. The number of nitrogens with two attached hydrogens (primary N) is 1. The SMILES string of the molecule is CC(CNc1ccc(C(N)=S)c(C(F)(F)F)c1)C(C)(C)C. The topological polar surface area (TPSA) is 38.0 Å². The van der Waals surface area contributed by atoms with E-state index in [4.69, 9.17) is 5.73 Å². The quantitative estimate of drug-likeness (QED) is 0.806. The van der Waals surface area contributed by atoms with Crippen LogP contribution in [0.5, 0.6) is 0 Å². The lowest BCUT2D eigenvalue weighted by molar-refractivity contribution is -0.137. The molecule has 0 aliphatic carbocycles. The van der Waals surface area contributed by atoms with Gasteiger partial charge in [0, 0.05) is 17.8 Å². The molecular weight excluding hydrogens is 297 g/mol. The largest absolute Gasteiger partial charge is 0.417 e. The molecule has 1 atom stereocenters. The second kappa shape index (κ2) is 6.22. The Hall–Kier alpha value is -1.30. The van der Waals surface area contributed by atoms with E-state index < -0.39 is 11.7 Å². The predicted octanol–water partition coefficient (Wildman–Crippen LogP) is 4.43. The van der Waals surface area contributed by atoms with Crippen LogP contribution in [0.1, 0.15) is 38.8 Å². The summed E-state index contributed by atoms with van der Waals surface area (Å²) in [4.78, 5) is -0.253. The molecule has 1 aromatic rings. The molecule has 1 rings (SSSR count). The van der Waals surface area contributed by atoms with Gasteiger partial charge >= 0.3 is 6.18 Å². The summed E-state index contributed by atoms with van der Waals surface area (Å²) in [6.45, 7) is 8.93. The van der Waals surface area contributed by atoms with Crippen LogP contribution in [-0.2, 0) is 6.18 Å². The summed E-state index contributed by atoms with van der Waals surface area (Å²) in [6.07, 6.45) is -4.48. The monoisotopic (exact) mass is 318 g/mol. The summed E-state index contributed by atoms with van der Waals surface area (Å²) in [5, 5.41) is 3.05. The van der Waals surface area contributed by atoms with E-state index in [9.17, 15) is 13.2 Å². The second-order valence-corrected chi connectivity index (χ2v) is 6.71. The Bertz CT molecular complexity index is 519. The molecule has 1 unspecified atom stereocenters. The van der Waals surface area contributed by atoms with Gasteiger partial charge in [-0.2, -0.15) is 13.2 Å². The molecule has 0 spiro atoms. The van der Waals surface area contributed by atoms with E-state index in [1.54, 1.807) is 6.07 Å². The third kappa shape index (κ3) is 4.88. The summed E-state index contributed by atoms with van der Waals surface area (Å²) in [5.74, 6) is 0.307. The Balaban J connectivity index is 2.99. The molecule has 1 aromatic carbocycles. The van der Waals surface area contributed by atoms with Gasteiger partial charge in [0.15, 0.2) is 0 Å². The van der Waals surface area contributed by atoms with Crippen LogP contribution >= 0.6 is 12.2 Å². The molecule has 21 heavy (non-hydrogen) atoms. The molecule has 2 nitrogen and oxygen atoms in total. The number of rotatable bonds is 4. The van der Waals surface area contributed by atoms with Gasteiger partial charge in [0.2, 0.25) is 0 Å². The molecule has 3 N–H and O–H groups in total. The summed E-state index contributed by atoms with van der Waals surface area (Å²) in [5.41, 5.74) is 4.90.